The molecule has 10 nitrogen and oxygen atoms in total. The Hall–Kier alpha value is -4.01. The normalized spacial score (nSPS) is 19.4. The molecule has 0 bridgehead atoms. The van der Waals surface area contributed by atoms with Crippen LogP contribution in [-0.2, 0) is 20.9 Å². The van der Waals surface area contributed by atoms with E-state index in [1.165, 1.54) is 17.3 Å². The lowest BCUT2D eigenvalue weighted by molar-refractivity contribution is -0.135. The molecule has 3 unspecified atom stereocenters. The minimum absolute atomic E-state index is 0.0238. The zero-order valence-electron chi connectivity index (χ0n) is 24.6. The molecule has 43 heavy (non-hydrogen) atoms. The van der Waals surface area contributed by atoms with Gasteiger partial charge in [-0.1, -0.05) is 42.5 Å². The van der Waals surface area contributed by atoms with Gasteiger partial charge >= 0.3 is 0 Å². The fourth-order valence-corrected chi connectivity index (χ4v) is 6.79. The third-order valence-corrected chi connectivity index (χ3v) is 9.11. The molecular weight excluding hydrogens is 564 g/mol. The van der Waals surface area contributed by atoms with Crippen molar-refractivity contribution < 1.29 is 19.1 Å². The Balaban J connectivity index is 1.21. The molecule has 4 rings (SSSR count). The smallest absolute Gasteiger partial charge is 0.260 e. The molecule has 2 aromatic carbocycles. The van der Waals surface area contributed by atoms with Gasteiger partial charge in [0.05, 0.1) is 11.3 Å². The predicted octanol–water partition coefficient (Wildman–Crippen LogP) is 2.94. The van der Waals surface area contributed by atoms with E-state index in [-0.39, 0.29) is 30.2 Å². The second-order valence-corrected chi connectivity index (χ2v) is 11.8. The number of nitrogens with one attached hydrogen (secondary N) is 2. The summed E-state index contributed by atoms with van der Waals surface area (Å²) in [4.78, 5) is 44.2. The summed E-state index contributed by atoms with van der Waals surface area (Å²) in [6.07, 6.45) is 2.08. The van der Waals surface area contributed by atoms with Crippen molar-refractivity contribution in [1.29, 1.82) is 5.26 Å². The molecule has 2 saturated heterocycles. The van der Waals surface area contributed by atoms with Gasteiger partial charge in [0.1, 0.15) is 11.1 Å². The van der Waals surface area contributed by atoms with Crippen LogP contribution >= 0.6 is 11.8 Å². The summed E-state index contributed by atoms with van der Waals surface area (Å²) in [5, 5.41) is 14.8. The highest BCUT2D eigenvalue weighted by Gasteiger charge is 2.45. The van der Waals surface area contributed by atoms with Crippen molar-refractivity contribution in [3.63, 3.8) is 0 Å². The molecule has 0 saturated carbocycles. The SMILES string of the molecule is C=CCNC(=O)C(C#N)C1SC(CCNc2cccc(OCC(=O)N3CCN(Cc4ccccc4)CC3)c2)C(=O)N1CC. The van der Waals surface area contributed by atoms with Crippen molar-refractivity contribution in [1.82, 2.24) is 20.0 Å². The summed E-state index contributed by atoms with van der Waals surface area (Å²) in [6.45, 7) is 10.5. The third kappa shape index (κ3) is 8.75. The van der Waals surface area contributed by atoms with Crippen molar-refractivity contribution >= 4 is 35.2 Å². The number of carbonyl (C=O) groups is 3. The number of benzene rings is 2. The average molecular weight is 605 g/mol. The Morgan fingerprint density at radius 3 is 2.63 bits per heavy atom. The van der Waals surface area contributed by atoms with Crippen LogP contribution < -0.4 is 15.4 Å². The first kappa shape index (κ1) is 31.9. The van der Waals surface area contributed by atoms with Crippen molar-refractivity contribution in [2.24, 2.45) is 5.92 Å². The molecule has 0 aliphatic carbocycles. The molecule has 0 radical (unpaired) electrons. The van der Waals surface area contributed by atoms with Gasteiger partial charge in [-0.2, -0.15) is 5.26 Å². The zero-order chi connectivity index (χ0) is 30.6. The molecular formula is C32H40N6O4S. The lowest BCUT2D eigenvalue weighted by Crippen LogP contribution is -2.49. The Morgan fingerprint density at radius 2 is 1.93 bits per heavy atom. The molecule has 2 aliphatic rings. The molecule has 2 aromatic rings. The molecule has 3 atom stereocenters. The Kier molecular flexibility index (Phi) is 11.9. The summed E-state index contributed by atoms with van der Waals surface area (Å²) in [6, 6.07) is 19.8. The van der Waals surface area contributed by atoms with E-state index in [0.29, 0.717) is 38.3 Å². The van der Waals surface area contributed by atoms with Crippen molar-refractivity contribution in [2.75, 3.05) is 57.7 Å². The lowest BCUT2D eigenvalue weighted by atomic mass is 10.1. The quantitative estimate of drug-likeness (QED) is 0.316. The predicted molar refractivity (Wildman–Crippen MR) is 168 cm³/mol. The molecule has 2 fully saturated rings. The van der Waals surface area contributed by atoms with Gasteiger partial charge in [0.25, 0.3) is 5.91 Å². The molecule has 11 heteroatoms. The highest BCUT2D eigenvalue weighted by Crippen LogP contribution is 2.37. The van der Waals surface area contributed by atoms with Gasteiger partial charge in [-0.25, -0.2) is 0 Å². The minimum atomic E-state index is -0.957. The fraction of sp³-hybridized carbons (Fsp3) is 0.438. The summed E-state index contributed by atoms with van der Waals surface area (Å²) < 4.78 is 5.83. The average Bonchev–Trinajstić information content (AvgIpc) is 3.34. The van der Waals surface area contributed by atoms with Gasteiger partial charge in [-0.05, 0) is 31.0 Å². The molecule has 2 N–H and O–H groups in total. The van der Waals surface area contributed by atoms with Crippen molar-refractivity contribution in [3.05, 3.63) is 72.8 Å². The van der Waals surface area contributed by atoms with Crippen LogP contribution in [0.4, 0.5) is 5.69 Å². The molecule has 0 aromatic heterocycles. The molecule has 228 valence electrons. The van der Waals surface area contributed by atoms with E-state index in [9.17, 15) is 19.6 Å². The minimum Gasteiger partial charge on any atom is -0.484 e. The van der Waals surface area contributed by atoms with Gasteiger partial charge in [-0.15, -0.1) is 18.3 Å². The first-order valence-electron chi connectivity index (χ1n) is 14.7. The van der Waals surface area contributed by atoms with Crippen molar-refractivity contribution in [2.45, 2.75) is 30.5 Å². The van der Waals surface area contributed by atoms with Gasteiger partial charge < -0.3 is 25.2 Å². The number of nitrogens with zero attached hydrogens (tertiary/aromatic N) is 4. The number of nitriles is 1. The number of anilines is 1. The van der Waals surface area contributed by atoms with Crippen molar-refractivity contribution in [3.8, 4) is 11.8 Å². The van der Waals surface area contributed by atoms with E-state index in [1.54, 1.807) is 11.0 Å². The monoisotopic (exact) mass is 604 g/mol. The van der Waals surface area contributed by atoms with Crippen LogP contribution in [-0.4, -0.2) is 95.5 Å². The number of rotatable bonds is 14. The van der Waals surface area contributed by atoms with E-state index < -0.39 is 17.2 Å². The van der Waals surface area contributed by atoms with E-state index in [0.717, 1.165) is 25.3 Å². The second kappa shape index (κ2) is 16.0. The Bertz CT molecular complexity index is 1290. The van der Waals surface area contributed by atoms with Gasteiger partial charge in [-0.3, -0.25) is 19.3 Å². The summed E-state index contributed by atoms with van der Waals surface area (Å²) in [7, 11) is 0. The van der Waals surface area contributed by atoms with Crippen LogP contribution in [0.1, 0.15) is 18.9 Å². The second-order valence-electron chi connectivity index (χ2n) is 10.5. The van der Waals surface area contributed by atoms with Crippen LogP contribution in [0.15, 0.2) is 67.3 Å². The maximum Gasteiger partial charge on any atom is 0.260 e. The summed E-state index contributed by atoms with van der Waals surface area (Å²) in [5.74, 6) is -0.856. The Morgan fingerprint density at radius 1 is 1.16 bits per heavy atom. The number of piperazine rings is 1. The Labute approximate surface area is 258 Å². The number of carbonyl (C=O) groups excluding carboxylic acids is 3. The number of hydrogen-bond acceptors (Lipinski definition) is 8. The first-order valence-corrected chi connectivity index (χ1v) is 15.6. The van der Waals surface area contributed by atoms with Crippen LogP contribution in [0.3, 0.4) is 0 Å². The lowest BCUT2D eigenvalue weighted by Gasteiger charge is -2.34. The van der Waals surface area contributed by atoms with Crippen LogP contribution in [0, 0.1) is 17.2 Å². The molecule has 2 heterocycles. The highest BCUT2D eigenvalue weighted by molar-refractivity contribution is 8.01. The van der Waals surface area contributed by atoms with Crippen LogP contribution in [0.2, 0.25) is 0 Å². The van der Waals surface area contributed by atoms with Gasteiger partial charge in [0, 0.05) is 64.1 Å². The number of amides is 3. The molecule has 0 spiro atoms. The van der Waals surface area contributed by atoms with E-state index in [1.807, 2.05) is 54.3 Å². The maximum atomic E-state index is 13.0. The zero-order valence-corrected chi connectivity index (χ0v) is 25.4. The molecule has 2 aliphatic heterocycles. The van der Waals surface area contributed by atoms with Crippen LogP contribution in [0.5, 0.6) is 5.75 Å². The summed E-state index contributed by atoms with van der Waals surface area (Å²) in [5.41, 5.74) is 2.09. The number of thioether (sulfide) groups is 1. The van der Waals surface area contributed by atoms with E-state index >= 15 is 0 Å². The third-order valence-electron chi connectivity index (χ3n) is 7.54. The largest absolute Gasteiger partial charge is 0.484 e. The van der Waals surface area contributed by atoms with Gasteiger partial charge in [0.2, 0.25) is 11.8 Å². The van der Waals surface area contributed by atoms with Crippen LogP contribution in [0.25, 0.3) is 0 Å². The fourth-order valence-electron chi connectivity index (χ4n) is 5.21. The topological polar surface area (TPSA) is 118 Å². The highest BCUT2D eigenvalue weighted by atomic mass is 32.2. The number of ether oxygens (including phenoxy) is 1. The summed E-state index contributed by atoms with van der Waals surface area (Å²) >= 11 is 1.37. The molecule has 3 amide bonds. The van der Waals surface area contributed by atoms with E-state index in [4.69, 9.17) is 4.74 Å². The number of hydrogen-bond donors (Lipinski definition) is 2. The first-order chi connectivity index (χ1) is 20.9. The van der Waals surface area contributed by atoms with Gasteiger partial charge in [0.15, 0.2) is 12.5 Å². The maximum absolute atomic E-state index is 13.0. The van der Waals surface area contributed by atoms with E-state index in [2.05, 4.69) is 40.3 Å². The standard InChI is InChI=1S/C32H40N6O4S/c1-3-14-35-30(40)27(21-33)32-38(4-2)31(41)28(43-32)13-15-34-25-11-8-12-26(20-25)42-23-29(39)37-18-16-36(17-19-37)22-24-9-6-5-7-10-24/h3,5-12,20,27-28,32,34H,1,4,13-19,22-23H2,2H3,(H,35,40).